The number of hydrogen-bond acceptors (Lipinski definition) is 4. The Morgan fingerprint density at radius 1 is 0.941 bits per heavy atom. The number of carboxylic acids is 1. The van der Waals surface area contributed by atoms with Crippen LogP contribution in [0.2, 0.25) is 0 Å². The Hall–Kier alpha value is -3.35. The van der Waals surface area contributed by atoms with Crippen molar-refractivity contribution in [1.82, 2.24) is 10.6 Å². The van der Waals surface area contributed by atoms with Gasteiger partial charge in [-0.05, 0) is 33.6 Å². The number of rotatable bonds is 8. The van der Waals surface area contributed by atoms with Crippen molar-refractivity contribution >= 4 is 18.0 Å². The third-order valence-electron chi connectivity index (χ3n) is 6.28. The van der Waals surface area contributed by atoms with Crippen LogP contribution < -0.4 is 10.6 Å². The van der Waals surface area contributed by atoms with Crippen LogP contribution >= 0.6 is 0 Å². The van der Waals surface area contributed by atoms with Gasteiger partial charge >= 0.3 is 12.1 Å². The number of hydrogen-bond donors (Lipinski definition) is 3. The molecule has 0 heterocycles. The maximum atomic E-state index is 12.7. The zero-order chi connectivity index (χ0) is 25.0. The number of carboxylic acid groups (broad SMARTS) is 1. The highest BCUT2D eigenvalue weighted by Crippen LogP contribution is 2.44. The molecular formula is C27H34N2O5. The van der Waals surface area contributed by atoms with Crippen LogP contribution in [0.1, 0.15) is 58.1 Å². The molecule has 3 rings (SSSR count). The van der Waals surface area contributed by atoms with Crippen molar-refractivity contribution < 1.29 is 24.2 Å². The molecule has 7 heteroatoms. The maximum Gasteiger partial charge on any atom is 0.407 e. The summed E-state index contributed by atoms with van der Waals surface area (Å²) in [5, 5.41) is 14.8. The van der Waals surface area contributed by atoms with Crippen LogP contribution in [-0.2, 0) is 14.3 Å². The van der Waals surface area contributed by atoms with Crippen LogP contribution in [0.3, 0.4) is 0 Å². The summed E-state index contributed by atoms with van der Waals surface area (Å²) in [6.07, 6.45) is -0.638. The molecule has 182 valence electrons. The normalized spacial score (nSPS) is 14.6. The molecule has 0 spiro atoms. The van der Waals surface area contributed by atoms with E-state index in [0.29, 0.717) is 0 Å². The monoisotopic (exact) mass is 466 g/mol. The fraction of sp³-hybridized carbons (Fsp3) is 0.444. The summed E-state index contributed by atoms with van der Waals surface area (Å²) < 4.78 is 5.60. The average molecular weight is 467 g/mol. The van der Waals surface area contributed by atoms with Crippen molar-refractivity contribution in [3.63, 3.8) is 0 Å². The van der Waals surface area contributed by atoms with E-state index >= 15 is 0 Å². The van der Waals surface area contributed by atoms with Crippen LogP contribution in [0.5, 0.6) is 0 Å². The lowest BCUT2D eigenvalue weighted by Crippen LogP contribution is -2.51. The van der Waals surface area contributed by atoms with E-state index in [1.165, 1.54) is 0 Å². The zero-order valence-electron chi connectivity index (χ0n) is 20.4. The van der Waals surface area contributed by atoms with Gasteiger partial charge in [0.05, 0.1) is 0 Å². The number of carbonyl (C=O) groups is 3. The van der Waals surface area contributed by atoms with Crippen LogP contribution in [0, 0.1) is 11.3 Å². The van der Waals surface area contributed by atoms with Crippen molar-refractivity contribution in [3.05, 3.63) is 59.7 Å². The highest BCUT2D eigenvalue weighted by molar-refractivity contribution is 5.85. The molecule has 2 amide bonds. The first-order valence-electron chi connectivity index (χ1n) is 11.6. The minimum atomic E-state index is -1.09. The van der Waals surface area contributed by atoms with Gasteiger partial charge in [0, 0.05) is 18.4 Å². The van der Waals surface area contributed by atoms with E-state index in [1.807, 2.05) is 38.1 Å². The zero-order valence-corrected chi connectivity index (χ0v) is 20.4. The summed E-state index contributed by atoms with van der Waals surface area (Å²) >= 11 is 0. The molecule has 2 aromatic rings. The van der Waals surface area contributed by atoms with Crippen molar-refractivity contribution in [3.8, 4) is 11.1 Å². The number of fused-ring (bicyclic) bond motifs is 3. The van der Waals surface area contributed by atoms with Crippen LogP contribution in [-0.4, -0.2) is 41.8 Å². The van der Waals surface area contributed by atoms with Crippen molar-refractivity contribution in [2.24, 2.45) is 11.3 Å². The summed E-state index contributed by atoms with van der Waals surface area (Å²) in [6.45, 7) is 9.21. The predicted octanol–water partition coefficient (Wildman–Crippen LogP) is 4.56. The molecule has 34 heavy (non-hydrogen) atoms. The molecule has 0 saturated heterocycles. The van der Waals surface area contributed by atoms with E-state index in [0.717, 1.165) is 22.3 Å². The lowest BCUT2D eigenvalue weighted by atomic mass is 9.86. The molecule has 3 N–H and O–H groups in total. The van der Waals surface area contributed by atoms with E-state index in [-0.39, 0.29) is 24.9 Å². The first-order valence-corrected chi connectivity index (χ1v) is 11.6. The number of nitrogens with one attached hydrogen (secondary N) is 2. The Labute approximate surface area is 200 Å². The van der Waals surface area contributed by atoms with Crippen molar-refractivity contribution in [2.45, 2.75) is 59.0 Å². The molecule has 0 radical (unpaired) electrons. The largest absolute Gasteiger partial charge is 0.480 e. The summed E-state index contributed by atoms with van der Waals surface area (Å²) in [5.74, 6) is -1.63. The first-order chi connectivity index (χ1) is 16.0. The summed E-state index contributed by atoms with van der Waals surface area (Å²) in [5.41, 5.74) is 3.90. The number of aliphatic carboxylic acids is 1. The molecule has 1 aliphatic rings. The van der Waals surface area contributed by atoms with Gasteiger partial charge in [-0.3, -0.25) is 4.79 Å². The third-order valence-corrected chi connectivity index (χ3v) is 6.28. The van der Waals surface area contributed by atoms with Crippen molar-refractivity contribution in [1.29, 1.82) is 0 Å². The topological polar surface area (TPSA) is 105 Å². The molecule has 0 bridgehead atoms. The smallest absolute Gasteiger partial charge is 0.407 e. The molecule has 0 fully saturated rings. The molecule has 0 aliphatic heterocycles. The first kappa shape index (κ1) is 25.3. The van der Waals surface area contributed by atoms with Crippen molar-refractivity contribution in [2.75, 3.05) is 6.61 Å². The van der Waals surface area contributed by atoms with E-state index in [1.54, 1.807) is 20.8 Å². The van der Waals surface area contributed by atoms with Gasteiger partial charge in [0.15, 0.2) is 0 Å². The molecule has 1 aliphatic carbocycles. The van der Waals surface area contributed by atoms with Gasteiger partial charge in [0.2, 0.25) is 5.91 Å². The third kappa shape index (κ3) is 5.76. The minimum absolute atomic E-state index is 0.0400. The minimum Gasteiger partial charge on any atom is -0.480 e. The second-order valence-corrected chi connectivity index (χ2v) is 10.2. The fourth-order valence-electron chi connectivity index (χ4n) is 4.31. The Bertz CT molecular complexity index is 1010. The van der Waals surface area contributed by atoms with Crippen LogP contribution in [0.25, 0.3) is 11.1 Å². The Kier molecular flexibility index (Phi) is 7.64. The van der Waals surface area contributed by atoms with Gasteiger partial charge in [0.25, 0.3) is 0 Å². The maximum absolute atomic E-state index is 12.7. The summed E-state index contributed by atoms with van der Waals surface area (Å²) in [4.78, 5) is 36.8. The van der Waals surface area contributed by atoms with Gasteiger partial charge in [-0.25, -0.2) is 9.59 Å². The molecular weight excluding hydrogens is 432 g/mol. The van der Waals surface area contributed by atoms with Gasteiger partial charge in [-0.1, -0.05) is 83.1 Å². The second-order valence-electron chi connectivity index (χ2n) is 10.2. The fourth-order valence-corrected chi connectivity index (χ4v) is 4.31. The Balaban J connectivity index is 1.62. The lowest BCUT2D eigenvalue weighted by Gasteiger charge is -2.29. The SMILES string of the molecule is CC(C)[C@H](CC(=O)N[C@@H](C(=O)O)C(C)(C)C)NC(=O)OCC1c2ccccc2-c2ccccc21. The molecule has 0 saturated carbocycles. The molecule has 0 unspecified atom stereocenters. The number of amides is 2. The number of alkyl carbamates (subject to hydrolysis) is 1. The van der Waals surface area contributed by atoms with Gasteiger partial charge in [-0.2, -0.15) is 0 Å². The van der Waals surface area contributed by atoms with Crippen LogP contribution in [0.4, 0.5) is 4.79 Å². The predicted molar refractivity (Wildman–Crippen MR) is 130 cm³/mol. The quantitative estimate of drug-likeness (QED) is 0.529. The molecule has 0 aromatic heterocycles. The average Bonchev–Trinajstić information content (AvgIpc) is 3.08. The molecule has 7 nitrogen and oxygen atoms in total. The van der Waals surface area contributed by atoms with E-state index in [9.17, 15) is 19.5 Å². The molecule has 2 aromatic carbocycles. The van der Waals surface area contributed by atoms with E-state index < -0.39 is 35.5 Å². The van der Waals surface area contributed by atoms with Gasteiger partial charge < -0.3 is 20.5 Å². The molecule has 2 atom stereocenters. The Morgan fingerprint density at radius 3 is 1.94 bits per heavy atom. The number of carbonyl (C=O) groups excluding carboxylic acids is 2. The van der Waals surface area contributed by atoms with Gasteiger partial charge in [0.1, 0.15) is 12.6 Å². The summed E-state index contributed by atoms with van der Waals surface area (Å²) in [6, 6.07) is 14.7. The Morgan fingerprint density at radius 2 is 1.47 bits per heavy atom. The lowest BCUT2D eigenvalue weighted by molar-refractivity contribution is -0.145. The van der Waals surface area contributed by atoms with E-state index in [2.05, 4.69) is 34.9 Å². The van der Waals surface area contributed by atoms with Crippen LogP contribution in [0.15, 0.2) is 48.5 Å². The highest BCUT2D eigenvalue weighted by atomic mass is 16.5. The number of benzene rings is 2. The summed E-state index contributed by atoms with van der Waals surface area (Å²) in [7, 11) is 0. The second kappa shape index (κ2) is 10.3. The number of ether oxygens (including phenoxy) is 1. The van der Waals surface area contributed by atoms with E-state index in [4.69, 9.17) is 4.74 Å². The standard InChI is InChI=1S/C27H34N2O5/c1-16(2)22(14-23(30)29-24(25(31)32)27(3,4)5)28-26(33)34-15-21-19-12-8-6-10-17(19)18-11-7-9-13-20(18)21/h6-13,16,21-22,24H,14-15H2,1-5H3,(H,28,33)(H,29,30)(H,31,32)/t22-,24-/m0/s1. The highest BCUT2D eigenvalue weighted by Gasteiger charge is 2.34. The van der Waals surface area contributed by atoms with Gasteiger partial charge in [-0.15, -0.1) is 0 Å².